The molecule has 7 heteroatoms. The maximum atomic E-state index is 11.7. The van der Waals surface area contributed by atoms with Crippen LogP contribution < -0.4 is 10.1 Å². The van der Waals surface area contributed by atoms with Gasteiger partial charge in [0.15, 0.2) is 6.61 Å². The largest absolute Gasteiger partial charge is 0.483 e. The molecular formula is C13H17N5O2. The summed E-state index contributed by atoms with van der Waals surface area (Å²) in [6.45, 7) is 6.34. The van der Waals surface area contributed by atoms with Crippen molar-refractivity contribution in [1.29, 1.82) is 0 Å². The van der Waals surface area contributed by atoms with Crippen LogP contribution in [-0.2, 0) is 11.3 Å². The molecule has 1 N–H and O–H groups in total. The molecule has 0 aliphatic carbocycles. The first kappa shape index (κ1) is 14.0. The fourth-order valence-corrected chi connectivity index (χ4v) is 1.61. The smallest absolute Gasteiger partial charge is 0.270 e. The molecule has 0 saturated carbocycles. The third-order valence-electron chi connectivity index (χ3n) is 2.90. The van der Waals surface area contributed by atoms with Crippen LogP contribution in [0.5, 0.6) is 5.75 Å². The predicted octanol–water partition coefficient (Wildman–Crippen LogP) is 1.33. The number of ether oxygens (including phenoxy) is 1. The molecule has 1 amide bonds. The fourth-order valence-electron chi connectivity index (χ4n) is 1.61. The molecule has 1 aromatic carbocycles. The molecule has 0 unspecified atom stereocenters. The summed E-state index contributed by atoms with van der Waals surface area (Å²) in [7, 11) is 0. The van der Waals surface area contributed by atoms with Crippen LogP contribution in [0, 0.1) is 13.8 Å². The molecule has 0 aliphatic heterocycles. The molecule has 0 saturated heterocycles. The Labute approximate surface area is 116 Å². The van der Waals surface area contributed by atoms with Crippen molar-refractivity contribution in [1.82, 2.24) is 20.2 Å². The van der Waals surface area contributed by atoms with Crippen molar-refractivity contribution in [3.63, 3.8) is 0 Å². The minimum atomic E-state index is -0.318. The molecule has 0 bridgehead atoms. The van der Waals surface area contributed by atoms with Crippen molar-refractivity contribution >= 4 is 11.9 Å². The highest BCUT2D eigenvalue weighted by molar-refractivity contribution is 5.90. The Morgan fingerprint density at radius 2 is 2.20 bits per heavy atom. The Hall–Kier alpha value is -2.44. The standard InChI is InChI=1S/C13H17N5O2/c1-4-18-16-13(15-17-18)14-12(19)8-20-11-7-5-6-9(2)10(11)3/h5-7H,4,8H2,1-3H3,(H,14,16,19). The summed E-state index contributed by atoms with van der Waals surface area (Å²) in [5.41, 5.74) is 2.14. The lowest BCUT2D eigenvalue weighted by Crippen LogP contribution is -2.21. The summed E-state index contributed by atoms with van der Waals surface area (Å²) < 4.78 is 5.49. The van der Waals surface area contributed by atoms with E-state index in [0.717, 1.165) is 11.1 Å². The van der Waals surface area contributed by atoms with Gasteiger partial charge in [-0.2, -0.15) is 4.80 Å². The summed E-state index contributed by atoms with van der Waals surface area (Å²) in [4.78, 5) is 13.1. The Morgan fingerprint density at radius 1 is 1.40 bits per heavy atom. The molecule has 0 fully saturated rings. The van der Waals surface area contributed by atoms with E-state index in [2.05, 4.69) is 20.7 Å². The third-order valence-corrected chi connectivity index (χ3v) is 2.90. The number of carbonyl (C=O) groups is 1. The van der Waals surface area contributed by atoms with Gasteiger partial charge in [0, 0.05) is 0 Å². The van der Waals surface area contributed by atoms with E-state index in [0.29, 0.717) is 12.3 Å². The first-order chi connectivity index (χ1) is 9.60. The number of hydrogen-bond donors (Lipinski definition) is 1. The number of rotatable bonds is 5. The molecule has 0 spiro atoms. The molecular weight excluding hydrogens is 258 g/mol. The molecule has 0 atom stereocenters. The molecule has 0 radical (unpaired) electrons. The van der Waals surface area contributed by atoms with Crippen LogP contribution in [-0.4, -0.2) is 32.7 Å². The van der Waals surface area contributed by atoms with Crippen LogP contribution in [0.4, 0.5) is 5.95 Å². The lowest BCUT2D eigenvalue weighted by atomic mass is 10.1. The number of carbonyl (C=O) groups excluding carboxylic acids is 1. The average Bonchev–Trinajstić information content (AvgIpc) is 2.88. The summed E-state index contributed by atoms with van der Waals surface area (Å²) in [6.07, 6.45) is 0. The van der Waals surface area contributed by atoms with Crippen molar-refractivity contribution in [2.24, 2.45) is 0 Å². The summed E-state index contributed by atoms with van der Waals surface area (Å²) >= 11 is 0. The van der Waals surface area contributed by atoms with Gasteiger partial charge in [-0.1, -0.05) is 17.2 Å². The first-order valence-corrected chi connectivity index (χ1v) is 6.37. The molecule has 20 heavy (non-hydrogen) atoms. The van der Waals surface area contributed by atoms with Gasteiger partial charge in [-0.15, -0.1) is 5.10 Å². The molecule has 0 aliphatic rings. The maximum Gasteiger partial charge on any atom is 0.270 e. The molecule has 7 nitrogen and oxygen atoms in total. The van der Waals surface area contributed by atoms with Crippen LogP contribution in [0.2, 0.25) is 0 Å². The minimum absolute atomic E-state index is 0.0923. The number of nitrogens with one attached hydrogen (secondary N) is 1. The Kier molecular flexibility index (Phi) is 4.29. The second-order valence-corrected chi connectivity index (χ2v) is 4.34. The number of aryl methyl sites for hydroxylation is 2. The van der Waals surface area contributed by atoms with Crippen LogP contribution in [0.25, 0.3) is 0 Å². The number of tetrazole rings is 1. The average molecular weight is 275 g/mol. The Balaban J connectivity index is 1.90. The second-order valence-electron chi connectivity index (χ2n) is 4.34. The predicted molar refractivity (Wildman–Crippen MR) is 73.5 cm³/mol. The van der Waals surface area contributed by atoms with Gasteiger partial charge in [0.2, 0.25) is 0 Å². The second kappa shape index (κ2) is 6.14. The number of hydrogen-bond acceptors (Lipinski definition) is 5. The zero-order chi connectivity index (χ0) is 14.5. The summed E-state index contributed by atoms with van der Waals surface area (Å²) in [5.74, 6) is 0.563. The highest BCUT2D eigenvalue weighted by Gasteiger charge is 2.09. The van der Waals surface area contributed by atoms with E-state index in [1.165, 1.54) is 4.80 Å². The number of anilines is 1. The van der Waals surface area contributed by atoms with Crippen molar-refractivity contribution in [2.45, 2.75) is 27.3 Å². The molecule has 1 heterocycles. The zero-order valence-electron chi connectivity index (χ0n) is 11.8. The van der Waals surface area contributed by atoms with Crippen molar-refractivity contribution < 1.29 is 9.53 Å². The van der Waals surface area contributed by atoms with Crippen LogP contribution in [0.15, 0.2) is 18.2 Å². The van der Waals surface area contributed by atoms with E-state index in [4.69, 9.17) is 4.74 Å². The molecule has 2 rings (SSSR count). The SMILES string of the molecule is CCn1nnc(NC(=O)COc2cccc(C)c2C)n1. The topological polar surface area (TPSA) is 81.9 Å². The Morgan fingerprint density at radius 3 is 2.90 bits per heavy atom. The maximum absolute atomic E-state index is 11.7. The van der Waals surface area contributed by atoms with Gasteiger partial charge in [-0.3, -0.25) is 10.1 Å². The van der Waals surface area contributed by atoms with E-state index in [1.807, 2.05) is 39.0 Å². The highest BCUT2D eigenvalue weighted by atomic mass is 16.5. The van der Waals surface area contributed by atoms with E-state index >= 15 is 0 Å². The van der Waals surface area contributed by atoms with Gasteiger partial charge in [0.25, 0.3) is 11.9 Å². The van der Waals surface area contributed by atoms with Crippen molar-refractivity contribution in [3.05, 3.63) is 29.3 Å². The van der Waals surface area contributed by atoms with Crippen LogP contribution >= 0.6 is 0 Å². The summed E-state index contributed by atoms with van der Waals surface area (Å²) in [6, 6.07) is 5.72. The fraction of sp³-hybridized carbons (Fsp3) is 0.385. The lowest BCUT2D eigenvalue weighted by Gasteiger charge is -2.09. The van der Waals surface area contributed by atoms with Crippen LogP contribution in [0.1, 0.15) is 18.1 Å². The molecule has 1 aromatic heterocycles. The van der Waals surface area contributed by atoms with Gasteiger partial charge in [-0.05, 0) is 43.2 Å². The van der Waals surface area contributed by atoms with E-state index in [1.54, 1.807) is 0 Å². The van der Waals surface area contributed by atoms with Crippen LogP contribution in [0.3, 0.4) is 0 Å². The highest BCUT2D eigenvalue weighted by Crippen LogP contribution is 2.20. The number of amides is 1. The monoisotopic (exact) mass is 275 g/mol. The van der Waals surface area contributed by atoms with Crippen molar-refractivity contribution in [2.75, 3.05) is 11.9 Å². The molecule has 2 aromatic rings. The number of nitrogens with zero attached hydrogens (tertiary/aromatic N) is 4. The van der Waals surface area contributed by atoms with Gasteiger partial charge in [-0.25, -0.2) is 0 Å². The third kappa shape index (κ3) is 3.31. The van der Waals surface area contributed by atoms with E-state index in [9.17, 15) is 4.79 Å². The van der Waals surface area contributed by atoms with E-state index in [-0.39, 0.29) is 18.5 Å². The zero-order valence-corrected chi connectivity index (χ0v) is 11.8. The van der Waals surface area contributed by atoms with Gasteiger partial charge < -0.3 is 4.74 Å². The number of benzene rings is 1. The normalized spacial score (nSPS) is 10.3. The van der Waals surface area contributed by atoms with E-state index < -0.39 is 0 Å². The van der Waals surface area contributed by atoms with Crippen molar-refractivity contribution in [3.8, 4) is 5.75 Å². The van der Waals surface area contributed by atoms with Gasteiger partial charge in [0.1, 0.15) is 5.75 Å². The Bertz CT molecular complexity index is 609. The van der Waals surface area contributed by atoms with Gasteiger partial charge in [0.05, 0.1) is 6.54 Å². The molecule has 106 valence electrons. The quantitative estimate of drug-likeness (QED) is 0.890. The minimum Gasteiger partial charge on any atom is -0.483 e. The first-order valence-electron chi connectivity index (χ1n) is 6.37. The number of aromatic nitrogens is 4. The van der Waals surface area contributed by atoms with Gasteiger partial charge >= 0.3 is 0 Å². The lowest BCUT2D eigenvalue weighted by molar-refractivity contribution is -0.118. The summed E-state index contributed by atoms with van der Waals surface area (Å²) in [5, 5.41) is 14.0.